The van der Waals surface area contributed by atoms with Crippen molar-refractivity contribution in [2.24, 2.45) is 0 Å². The number of imidazole rings is 1. The van der Waals surface area contributed by atoms with Gasteiger partial charge in [0, 0.05) is 123 Å². The van der Waals surface area contributed by atoms with Crippen LogP contribution in [0.25, 0.3) is 224 Å². The third-order valence-corrected chi connectivity index (χ3v) is 25.3. The van der Waals surface area contributed by atoms with Crippen molar-refractivity contribution in [3.05, 3.63) is 400 Å². The standard InChI is InChI=1S/C55H34N4S.C52H32N4S/c1-3-15-35(16-4-1)36-27-29-37(30-28-36)47-34-48(58-55(57-47)38-17-5-2-6-18-38)39-31-40(33-41(32-39)59-49-24-12-8-19-42(49)43-20-9-13-25-50(43)59)53-52-45-22-10-14-26-51(45)60-54(52)44-21-7-11-23-46(44)56-53;1-2-14-37(15-3-1)56-47-24-12-9-21-44(47)54-52(56)34-28-26-33(27-29-34)35-30-36(32-38(31-35)55-45-22-10-5-16-39(45)40-17-6-11-23-46(40)55)50-49-42-19-7-13-25-48(42)57-51(49)41-18-4-8-20-43(41)53-50/h1-34H;1-32H. The number of fused-ring (bicyclic) bond motifs is 17. The second kappa shape index (κ2) is 27.9. The van der Waals surface area contributed by atoms with Crippen LogP contribution in [0.3, 0.4) is 0 Å². The molecule has 0 spiro atoms. The molecule has 0 fully saturated rings. The molecule has 0 unspecified atom stereocenters. The van der Waals surface area contributed by atoms with Gasteiger partial charge in [-0.05, 0) is 138 Å². The molecule has 10 heteroatoms. The number of thiophene rings is 2. The van der Waals surface area contributed by atoms with Crippen molar-refractivity contribution < 1.29 is 0 Å². The molecular formula is C107H66N8S2. The Labute approximate surface area is 680 Å². The molecular weight excluding hydrogens is 1460 g/mol. The summed E-state index contributed by atoms with van der Waals surface area (Å²) in [6.07, 6.45) is 0. The second-order valence-corrected chi connectivity index (χ2v) is 31.9. The van der Waals surface area contributed by atoms with Crippen molar-refractivity contribution in [3.63, 3.8) is 0 Å². The van der Waals surface area contributed by atoms with Crippen molar-refractivity contribution in [2.75, 3.05) is 0 Å². The predicted molar refractivity (Wildman–Crippen MR) is 492 cm³/mol. The molecule has 0 saturated carbocycles. The highest BCUT2D eigenvalue weighted by Crippen LogP contribution is 2.48. The van der Waals surface area contributed by atoms with E-state index in [2.05, 4.69) is 390 Å². The Morgan fingerprint density at radius 3 is 1.05 bits per heavy atom. The van der Waals surface area contributed by atoms with Crippen molar-refractivity contribution in [2.45, 2.75) is 0 Å². The number of rotatable bonds is 11. The second-order valence-electron chi connectivity index (χ2n) is 29.8. The predicted octanol–water partition coefficient (Wildman–Crippen LogP) is 28.9. The zero-order chi connectivity index (χ0) is 77.0. The molecule has 16 aromatic carbocycles. The fraction of sp³-hybridized carbons (Fsp3) is 0. The Balaban J connectivity index is 0.000000138. The van der Waals surface area contributed by atoms with E-state index in [0.717, 1.165) is 129 Å². The highest BCUT2D eigenvalue weighted by atomic mass is 32.1. The number of hydrogen-bond donors (Lipinski definition) is 0. The van der Waals surface area contributed by atoms with E-state index in [9.17, 15) is 0 Å². The van der Waals surface area contributed by atoms with Gasteiger partial charge in [-0.3, -0.25) is 4.57 Å². The molecule has 8 heterocycles. The number of para-hydroxylation sites is 9. The molecule has 8 nitrogen and oxygen atoms in total. The van der Waals surface area contributed by atoms with Crippen LogP contribution in [0.4, 0.5) is 0 Å². The zero-order valence-corrected chi connectivity index (χ0v) is 64.6. The van der Waals surface area contributed by atoms with Crippen LogP contribution in [0.5, 0.6) is 0 Å². The van der Waals surface area contributed by atoms with E-state index in [4.69, 9.17) is 24.9 Å². The molecule has 0 atom stereocenters. The Morgan fingerprint density at radius 1 is 0.197 bits per heavy atom. The van der Waals surface area contributed by atoms with E-state index in [1.807, 2.05) is 46.9 Å². The molecule has 24 aromatic rings. The first-order valence-electron chi connectivity index (χ1n) is 39.4. The lowest BCUT2D eigenvalue weighted by Gasteiger charge is -2.16. The van der Waals surface area contributed by atoms with Gasteiger partial charge in [0.2, 0.25) is 0 Å². The summed E-state index contributed by atoms with van der Waals surface area (Å²) in [5.41, 5.74) is 26.3. The van der Waals surface area contributed by atoms with Gasteiger partial charge in [0.25, 0.3) is 0 Å². The molecule has 0 radical (unpaired) electrons. The number of hydrogen-bond acceptors (Lipinski definition) is 7. The van der Waals surface area contributed by atoms with Crippen LogP contribution in [0.2, 0.25) is 0 Å². The molecule has 0 bridgehead atoms. The minimum absolute atomic E-state index is 0.675. The monoisotopic (exact) mass is 1530 g/mol. The summed E-state index contributed by atoms with van der Waals surface area (Å²) in [5, 5.41) is 12.1. The minimum atomic E-state index is 0.675. The summed E-state index contributed by atoms with van der Waals surface area (Å²) in [6.45, 7) is 0. The van der Waals surface area contributed by atoms with Crippen LogP contribution >= 0.6 is 22.7 Å². The Kier molecular flexibility index (Phi) is 16.1. The average Bonchev–Trinajstić information content (AvgIpc) is 1.58. The maximum Gasteiger partial charge on any atom is 0.160 e. The Morgan fingerprint density at radius 2 is 0.547 bits per heavy atom. The molecule has 0 aliphatic rings. The summed E-state index contributed by atoms with van der Waals surface area (Å²) in [6, 6.07) is 143. The maximum absolute atomic E-state index is 5.51. The smallest absolute Gasteiger partial charge is 0.160 e. The van der Waals surface area contributed by atoms with Crippen LogP contribution in [-0.2, 0) is 0 Å². The van der Waals surface area contributed by atoms with E-state index in [1.165, 1.54) is 89.3 Å². The lowest BCUT2D eigenvalue weighted by atomic mass is 9.96. The third-order valence-electron chi connectivity index (χ3n) is 22.9. The van der Waals surface area contributed by atoms with Crippen molar-refractivity contribution in [1.29, 1.82) is 0 Å². The minimum Gasteiger partial charge on any atom is -0.309 e. The quantitative estimate of drug-likeness (QED) is 0.129. The van der Waals surface area contributed by atoms with Crippen LogP contribution in [0, 0.1) is 0 Å². The van der Waals surface area contributed by atoms with Gasteiger partial charge in [0.05, 0.1) is 66.9 Å². The van der Waals surface area contributed by atoms with E-state index in [0.29, 0.717) is 5.82 Å². The highest BCUT2D eigenvalue weighted by molar-refractivity contribution is 7.27. The maximum atomic E-state index is 5.51. The normalized spacial score (nSPS) is 11.8. The molecule has 0 aliphatic carbocycles. The lowest BCUT2D eigenvalue weighted by molar-refractivity contribution is 1.10. The topological polar surface area (TPSA) is 79.2 Å². The third kappa shape index (κ3) is 11.6. The summed E-state index contributed by atoms with van der Waals surface area (Å²) in [7, 11) is 0. The summed E-state index contributed by atoms with van der Waals surface area (Å²) in [5.74, 6) is 1.59. The molecule has 0 N–H and O–H groups in total. The van der Waals surface area contributed by atoms with Crippen molar-refractivity contribution >= 4 is 139 Å². The van der Waals surface area contributed by atoms with Crippen LogP contribution in [-0.4, -0.2) is 38.6 Å². The van der Waals surface area contributed by atoms with E-state index < -0.39 is 0 Å². The van der Waals surface area contributed by atoms with E-state index in [1.54, 1.807) is 0 Å². The fourth-order valence-electron chi connectivity index (χ4n) is 17.5. The Bertz CT molecular complexity index is 7950. The first-order chi connectivity index (χ1) is 58.0. The first kappa shape index (κ1) is 67.6. The highest BCUT2D eigenvalue weighted by Gasteiger charge is 2.25. The number of benzene rings is 16. The molecule has 546 valence electrons. The van der Waals surface area contributed by atoms with Crippen molar-refractivity contribution in [3.8, 4) is 107 Å². The molecule has 117 heavy (non-hydrogen) atoms. The fourth-order valence-corrected chi connectivity index (χ4v) is 20.0. The molecule has 24 rings (SSSR count). The van der Waals surface area contributed by atoms with Gasteiger partial charge in [-0.15, -0.1) is 22.7 Å². The number of nitrogens with zero attached hydrogens (tertiary/aromatic N) is 8. The van der Waals surface area contributed by atoms with Crippen LogP contribution < -0.4 is 0 Å². The molecule has 0 saturated heterocycles. The number of pyridine rings is 2. The summed E-state index contributed by atoms with van der Waals surface area (Å²) >= 11 is 3.69. The van der Waals surface area contributed by atoms with Crippen LogP contribution in [0.15, 0.2) is 400 Å². The summed E-state index contributed by atoms with van der Waals surface area (Å²) < 4.78 is 12.1. The van der Waals surface area contributed by atoms with Crippen molar-refractivity contribution in [1.82, 2.24) is 38.6 Å². The number of aromatic nitrogens is 8. The van der Waals surface area contributed by atoms with Crippen LogP contribution in [0.1, 0.15) is 0 Å². The lowest BCUT2D eigenvalue weighted by Crippen LogP contribution is -1.99. The summed E-state index contributed by atoms with van der Waals surface area (Å²) in [4.78, 5) is 26.7. The van der Waals surface area contributed by atoms with Gasteiger partial charge < -0.3 is 9.13 Å². The average molecular weight is 1530 g/mol. The Hall–Kier alpha value is -15.1. The molecule has 8 aromatic heterocycles. The van der Waals surface area contributed by atoms with Gasteiger partial charge in [-0.1, -0.05) is 285 Å². The van der Waals surface area contributed by atoms with Gasteiger partial charge >= 0.3 is 0 Å². The van der Waals surface area contributed by atoms with E-state index in [-0.39, 0.29) is 0 Å². The van der Waals surface area contributed by atoms with Gasteiger partial charge in [-0.2, -0.15) is 0 Å². The van der Waals surface area contributed by atoms with Gasteiger partial charge in [0.15, 0.2) is 5.82 Å². The largest absolute Gasteiger partial charge is 0.309 e. The van der Waals surface area contributed by atoms with Gasteiger partial charge in [0.1, 0.15) is 5.82 Å². The van der Waals surface area contributed by atoms with E-state index >= 15 is 0 Å². The first-order valence-corrected chi connectivity index (χ1v) is 41.1. The molecule has 0 amide bonds. The SMILES string of the molecule is c1ccc(-c2ccc(-c3cc(-c4cc(-c5nc6ccccc6c6sc7ccccc7c56)cc(-n5c6ccccc6c6ccccc65)c4)nc(-c4ccccc4)n3)cc2)cc1.c1ccc(-n2c(-c3ccc(-c4cc(-c5nc6ccccc6c6sc7ccccc7c56)cc(-n5c6ccccc6c6ccccc65)c4)cc3)nc3ccccc32)cc1. The molecule has 0 aliphatic heterocycles. The zero-order valence-electron chi connectivity index (χ0n) is 63.0. The van der Waals surface area contributed by atoms with Gasteiger partial charge in [-0.25, -0.2) is 24.9 Å².